The Hall–Kier alpha value is -0.980. The van der Waals surface area contributed by atoms with Gasteiger partial charge in [-0.25, -0.2) is 4.79 Å². The number of aliphatic hydroxyl groups is 1. The van der Waals surface area contributed by atoms with Gasteiger partial charge in [0.05, 0.1) is 5.60 Å². The molecule has 16 heavy (non-hydrogen) atoms. The highest BCUT2D eigenvalue weighted by Crippen LogP contribution is 2.14. The molecule has 0 saturated carbocycles. The summed E-state index contributed by atoms with van der Waals surface area (Å²) in [5.74, 6) is -0.115. The lowest BCUT2D eigenvalue weighted by Crippen LogP contribution is -2.48. The van der Waals surface area contributed by atoms with E-state index in [1.54, 1.807) is 19.2 Å². The first-order valence-electron chi connectivity index (χ1n) is 4.85. The Morgan fingerprint density at radius 2 is 1.69 bits per heavy atom. The molecule has 0 aliphatic heterocycles. The number of hydrogen-bond acceptors (Lipinski definition) is 2. The van der Waals surface area contributed by atoms with Gasteiger partial charge in [0.15, 0.2) is 0 Å². The number of rotatable bonds is 4. The molecule has 0 saturated heterocycles. The van der Waals surface area contributed by atoms with Crippen molar-refractivity contribution >= 4 is 6.03 Å². The number of hydrogen-bond donors (Lipinski definition) is 3. The first-order chi connectivity index (χ1) is 7.04. The molecule has 0 aromatic carbocycles. The molecule has 0 aliphatic rings. The van der Waals surface area contributed by atoms with Crippen molar-refractivity contribution in [3.8, 4) is 0 Å². The van der Waals surface area contributed by atoms with Crippen LogP contribution in [0.15, 0.2) is 0 Å². The predicted octanol–water partition coefficient (Wildman–Crippen LogP) is 1.25. The summed E-state index contributed by atoms with van der Waals surface area (Å²) >= 11 is 0. The SMILES string of the molecule is CC(C)C(C)(O)CNC(=O)NCC(F)(F)F. The van der Waals surface area contributed by atoms with Crippen LogP contribution in [-0.4, -0.2) is 36.0 Å². The zero-order valence-electron chi connectivity index (χ0n) is 9.48. The lowest BCUT2D eigenvalue weighted by molar-refractivity contribution is -0.122. The topological polar surface area (TPSA) is 61.4 Å². The molecule has 0 radical (unpaired) electrons. The maximum atomic E-state index is 11.7. The van der Waals surface area contributed by atoms with E-state index >= 15 is 0 Å². The van der Waals surface area contributed by atoms with Gasteiger partial charge in [0.2, 0.25) is 0 Å². The summed E-state index contributed by atoms with van der Waals surface area (Å²) in [4.78, 5) is 10.9. The lowest BCUT2D eigenvalue weighted by atomic mass is 9.93. The van der Waals surface area contributed by atoms with E-state index in [9.17, 15) is 23.1 Å². The molecule has 0 spiro atoms. The second-order valence-corrected chi connectivity index (χ2v) is 4.16. The van der Waals surface area contributed by atoms with Crippen LogP contribution in [0, 0.1) is 5.92 Å². The normalized spacial score (nSPS) is 15.8. The number of halogens is 3. The molecular weight excluding hydrogens is 225 g/mol. The molecule has 2 amide bonds. The molecule has 0 aromatic rings. The van der Waals surface area contributed by atoms with Gasteiger partial charge in [0.25, 0.3) is 0 Å². The van der Waals surface area contributed by atoms with Gasteiger partial charge in [-0.3, -0.25) is 0 Å². The van der Waals surface area contributed by atoms with E-state index in [2.05, 4.69) is 5.32 Å². The first-order valence-corrected chi connectivity index (χ1v) is 4.85. The highest BCUT2D eigenvalue weighted by Gasteiger charge is 2.29. The van der Waals surface area contributed by atoms with E-state index in [-0.39, 0.29) is 12.5 Å². The minimum absolute atomic E-state index is 0.103. The van der Waals surface area contributed by atoms with Crippen LogP contribution in [0.4, 0.5) is 18.0 Å². The van der Waals surface area contributed by atoms with Gasteiger partial charge in [-0.1, -0.05) is 13.8 Å². The molecule has 4 nitrogen and oxygen atoms in total. The maximum Gasteiger partial charge on any atom is 0.405 e. The molecule has 0 heterocycles. The molecule has 0 fully saturated rings. The molecule has 96 valence electrons. The lowest BCUT2D eigenvalue weighted by Gasteiger charge is -2.27. The summed E-state index contributed by atoms with van der Waals surface area (Å²) < 4.78 is 35.2. The number of urea groups is 1. The highest BCUT2D eigenvalue weighted by molar-refractivity contribution is 5.73. The van der Waals surface area contributed by atoms with Crippen molar-refractivity contribution in [2.45, 2.75) is 32.5 Å². The first kappa shape index (κ1) is 15.0. The Bertz CT molecular complexity index is 239. The second-order valence-electron chi connectivity index (χ2n) is 4.16. The van der Waals surface area contributed by atoms with Crippen LogP contribution in [0.1, 0.15) is 20.8 Å². The molecule has 0 rings (SSSR count). The summed E-state index contributed by atoms with van der Waals surface area (Å²) in [6.45, 7) is 3.50. The number of carbonyl (C=O) groups is 1. The summed E-state index contributed by atoms with van der Waals surface area (Å²) in [7, 11) is 0. The van der Waals surface area contributed by atoms with E-state index in [0.717, 1.165) is 0 Å². The van der Waals surface area contributed by atoms with E-state index in [4.69, 9.17) is 0 Å². The molecule has 1 atom stereocenters. The standard InChI is InChI=1S/C9H17F3N2O2/c1-6(2)8(3,16)4-13-7(15)14-5-9(10,11)12/h6,16H,4-5H2,1-3H3,(H2,13,14,15). The molecular formula is C9H17F3N2O2. The Kier molecular flexibility index (Phi) is 5.05. The average Bonchev–Trinajstić information content (AvgIpc) is 2.10. The minimum Gasteiger partial charge on any atom is -0.388 e. The third-order valence-electron chi connectivity index (χ3n) is 2.30. The van der Waals surface area contributed by atoms with Crippen molar-refractivity contribution in [2.24, 2.45) is 5.92 Å². The van der Waals surface area contributed by atoms with Gasteiger partial charge in [-0.15, -0.1) is 0 Å². The number of alkyl halides is 3. The fraction of sp³-hybridized carbons (Fsp3) is 0.889. The molecule has 0 bridgehead atoms. The fourth-order valence-corrected chi connectivity index (χ4v) is 0.706. The summed E-state index contributed by atoms with van der Waals surface area (Å²) in [6, 6.07) is -0.946. The fourth-order valence-electron chi connectivity index (χ4n) is 0.706. The monoisotopic (exact) mass is 242 g/mol. The second kappa shape index (κ2) is 5.38. The number of nitrogens with one attached hydrogen (secondary N) is 2. The van der Waals surface area contributed by atoms with Gasteiger partial charge in [-0.05, 0) is 12.8 Å². The van der Waals surface area contributed by atoms with Gasteiger partial charge in [0, 0.05) is 6.54 Å². The van der Waals surface area contributed by atoms with Crippen LogP contribution in [0.25, 0.3) is 0 Å². The predicted molar refractivity (Wildman–Crippen MR) is 52.9 cm³/mol. The Morgan fingerprint density at radius 3 is 2.06 bits per heavy atom. The Morgan fingerprint density at radius 1 is 1.25 bits per heavy atom. The van der Waals surface area contributed by atoms with E-state index in [1.165, 1.54) is 6.92 Å². The van der Waals surface area contributed by atoms with E-state index < -0.39 is 24.4 Å². The highest BCUT2D eigenvalue weighted by atomic mass is 19.4. The van der Waals surface area contributed by atoms with Crippen molar-refractivity contribution in [1.82, 2.24) is 10.6 Å². The van der Waals surface area contributed by atoms with Gasteiger partial charge in [0.1, 0.15) is 6.54 Å². The smallest absolute Gasteiger partial charge is 0.388 e. The van der Waals surface area contributed by atoms with Crippen LogP contribution in [0.2, 0.25) is 0 Å². The van der Waals surface area contributed by atoms with Crippen LogP contribution >= 0.6 is 0 Å². The Labute approximate surface area is 92.2 Å². The maximum absolute atomic E-state index is 11.7. The van der Waals surface area contributed by atoms with E-state index in [1.807, 2.05) is 0 Å². The van der Waals surface area contributed by atoms with Gasteiger partial charge in [-0.2, -0.15) is 13.2 Å². The zero-order valence-corrected chi connectivity index (χ0v) is 9.48. The molecule has 7 heteroatoms. The largest absolute Gasteiger partial charge is 0.405 e. The van der Waals surface area contributed by atoms with Crippen LogP contribution in [-0.2, 0) is 0 Å². The quantitative estimate of drug-likeness (QED) is 0.695. The third-order valence-corrected chi connectivity index (χ3v) is 2.30. The zero-order chi connectivity index (χ0) is 13.0. The number of carbonyl (C=O) groups excluding carboxylic acids is 1. The summed E-state index contributed by atoms with van der Waals surface area (Å²) in [5.41, 5.74) is -1.14. The number of amides is 2. The molecule has 1 unspecified atom stereocenters. The average molecular weight is 242 g/mol. The van der Waals surface area contributed by atoms with Crippen LogP contribution in [0.5, 0.6) is 0 Å². The van der Waals surface area contributed by atoms with Crippen molar-refractivity contribution in [3.05, 3.63) is 0 Å². The molecule has 0 aliphatic carbocycles. The minimum atomic E-state index is -4.43. The van der Waals surface area contributed by atoms with Gasteiger partial charge < -0.3 is 15.7 Å². The van der Waals surface area contributed by atoms with Crippen LogP contribution < -0.4 is 10.6 Å². The third kappa shape index (κ3) is 6.49. The summed E-state index contributed by atoms with van der Waals surface area (Å²) in [5, 5.41) is 13.5. The van der Waals surface area contributed by atoms with Gasteiger partial charge >= 0.3 is 12.2 Å². The van der Waals surface area contributed by atoms with Crippen molar-refractivity contribution < 1.29 is 23.1 Å². The molecule has 0 aromatic heterocycles. The van der Waals surface area contributed by atoms with Crippen molar-refractivity contribution in [1.29, 1.82) is 0 Å². The summed E-state index contributed by atoms with van der Waals surface area (Å²) in [6.07, 6.45) is -4.43. The van der Waals surface area contributed by atoms with Crippen molar-refractivity contribution in [2.75, 3.05) is 13.1 Å². The Balaban J connectivity index is 3.91. The van der Waals surface area contributed by atoms with Crippen molar-refractivity contribution in [3.63, 3.8) is 0 Å². The van der Waals surface area contributed by atoms with E-state index in [0.29, 0.717) is 0 Å². The molecule has 3 N–H and O–H groups in total. The van der Waals surface area contributed by atoms with Crippen LogP contribution in [0.3, 0.4) is 0 Å².